The highest BCUT2D eigenvalue weighted by Gasteiger charge is 2.52. The van der Waals surface area contributed by atoms with Crippen molar-refractivity contribution in [3.8, 4) is 11.8 Å². The van der Waals surface area contributed by atoms with Crippen LogP contribution in [0.15, 0.2) is 66.8 Å². The molecule has 0 unspecified atom stereocenters. The fraction of sp³-hybridized carbons (Fsp3) is 0.308. The minimum Gasteiger partial charge on any atom is -0.477 e. The molecule has 0 bridgehead atoms. The van der Waals surface area contributed by atoms with E-state index in [-0.39, 0.29) is 17.8 Å². The number of carboxylic acids is 1. The van der Waals surface area contributed by atoms with Crippen molar-refractivity contribution in [2.45, 2.75) is 43.8 Å². The van der Waals surface area contributed by atoms with E-state index < -0.39 is 36.4 Å². The molecule has 1 aliphatic rings. The highest BCUT2D eigenvalue weighted by molar-refractivity contribution is 7.13. The molecule has 2 N–H and O–H groups in total. The normalized spacial score (nSPS) is 18.0. The van der Waals surface area contributed by atoms with Gasteiger partial charge in [-0.25, -0.2) is 4.79 Å². The zero-order valence-electron chi connectivity index (χ0n) is 18.4. The van der Waals surface area contributed by atoms with E-state index in [1.165, 1.54) is 18.2 Å². The summed E-state index contributed by atoms with van der Waals surface area (Å²) in [6, 6.07) is 11.7. The van der Waals surface area contributed by atoms with E-state index in [4.69, 9.17) is 5.11 Å². The van der Waals surface area contributed by atoms with Crippen LogP contribution in [0.4, 0.5) is 8.78 Å². The van der Waals surface area contributed by atoms with Gasteiger partial charge in [-0.2, -0.15) is 8.78 Å². The van der Waals surface area contributed by atoms with Crippen LogP contribution in [-0.4, -0.2) is 51.6 Å². The predicted octanol–water partition coefficient (Wildman–Crippen LogP) is 4.53. The average Bonchev–Trinajstić information content (AvgIpc) is 3.36. The standard InChI is InChI=1S/C26H25F2NO4S/c1-18(7-5-10-19-8-3-2-4-9-19)22(30)14-12-20-17-26(27,28)25(33)29(20)16-6-11-21-13-15-23(34-21)24(31)32/h2-4,8-9,12-15,20,22,30H,1,6-7,11,16-17H2,(H,31,32)/b14-12+/t20-,22+/m0/s1. The number of hydrogen-bond donors (Lipinski definition) is 2. The Labute approximate surface area is 201 Å². The lowest BCUT2D eigenvalue weighted by molar-refractivity contribution is -0.148. The number of thiophene rings is 1. The van der Waals surface area contributed by atoms with Gasteiger partial charge >= 0.3 is 11.9 Å². The molecule has 8 heteroatoms. The molecule has 0 aliphatic carbocycles. The van der Waals surface area contributed by atoms with E-state index in [1.807, 2.05) is 30.3 Å². The molecule has 1 saturated heterocycles. The summed E-state index contributed by atoms with van der Waals surface area (Å²) in [5.74, 6) is 0.186. The Morgan fingerprint density at radius 1 is 1.29 bits per heavy atom. The number of aryl methyl sites for hydroxylation is 1. The summed E-state index contributed by atoms with van der Waals surface area (Å²) in [4.78, 5) is 25.3. The second kappa shape index (κ2) is 11.2. The number of aliphatic hydroxyl groups is 1. The maximum atomic E-state index is 14.1. The molecule has 2 heterocycles. The first-order chi connectivity index (χ1) is 16.2. The lowest BCUT2D eigenvalue weighted by Crippen LogP contribution is -2.36. The quantitative estimate of drug-likeness (QED) is 0.404. The monoisotopic (exact) mass is 485 g/mol. The third-order valence-corrected chi connectivity index (χ3v) is 6.52. The van der Waals surface area contributed by atoms with Gasteiger partial charge in [0, 0.05) is 29.8 Å². The second-order valence-corrected chi connectivity index (χ2v) is 9.15. The number of aromatic carboxylic acids is 1. The van der Waals surface area contributed by atoms with Gasteiger partial charge in [-0.1, -0.05) is 48.8 Å². The van der Waals surface area contributed by atoms with Crippen molar-refractivity contribution >= 4 is 23.2 Å². The number of rotatable bonds is 9. The maximum absolute atomic E-state index is 14.1. The Kier molecular flexibility index (Phi) is 8.37. The van der Waals surface area contributed by atoms with E-state index in [9.17, 15) is 23.5 Å². The first-order valence-electron chi connectivity index (χ1n) is 10.8. The molecular weight excluding hydrogens is 460 g/mol. The Balaban J connectivity index is 1.56. The molecule has 178 valence electrons. The van der Waals surface area contributed by atoms with Gasteiger partial charge in [-0.3, -0.25) is 4.79 Å². The number of alkyl halides is 2. The van der Waals surface area contributed by atoms with Gasteiger partial charge in [0.1, 0.15) is 4.88 Å². The van der Waals surface area contributed by atoms with Gasteiger partial charge in [0.05, 0.1) is 12.1 Å². The summed E-state index contributed by atoms with van der Waals surface area (Å²) in [5, 5.41) is 19.3. The molecule has 2 atom stereocenters. The number of carbonyl (C=O) groups excluding carboxylic acids is 1. The van der Waals surface area contributed by atoms with Crippen LogP contribution in [0.2, 0.25) is 0 Å². The van der Waals surface area contributed by atoms with Gasteiger partial charge in [0.15, 0.2) is 0 Å². The van der Waals surface area contributed by atoms with Gasteiger partial charge in [-0.05, 0) is 42.7 Å². The number of hydrogen-bond acceptors (Lipinski definition) is 4. The fourth-order valence-corrected chi connectivity index (χ4v) is 4.45. The van der Waals surface area contributed by atoms with Crippen molar-refractivity contribution in [1.82, 2.24) is 4.90 Å². The first kappa shape index (κ1) is 25.3. The number of carbonyl (C=O) groups is 2. The molecule has 1 amide bonds. The Morgan fingerprint density at radius 2 is 2.03 bits per heavy atom. The van der Waals surface area contributed by atoms with Crippen LogP contribution >= 0.6 is 11.3 Å². The minimum absolute atomic E-state index is 0.101. The largest absolute Gasteiger partial charge is 0.477 e. The summed E-state index contributed by atoms with van der Waals surface area (Å²) >= 11 is 1.13. The van der Waals surface area contributed by atoms with Crippen molar-refractivity contribution < 1.29 is 28.6 Å². The van der Waals surface area contributed by atoms with Crippen molar-refractivity contribution in [3.63, 3.8) is 0 Å². The molecular formula is C26H25F2NO4S. The predicted molar refractivity (Wildman–Crippen MR) is 127 cm³/mol. The molecule has 0 spiro atoms. The number of halogens is 2. The lowest BCUT2D eigenvalue weighted by atomic mass is 10.1. The molecule has 0 saturated carbocycles. The minimum atomic E-state index is -3.46. The van der Waals surface area contributed by atoms with Crippen molar-refractivity contribution in [2.75, 3.05) is 6.54 Å². The fourth-order valence-electron chi connectivity index (χ4n) is 3.57. The van der Waals surface area contributed by atoms with Crippen molar-refractivity contribution in [3.05, 3.63) is 82.1 Å². The Bertz CT molecular complexity index is 1130. The number of benzene rings is 1. The van der Waals surface area contributed by atoms with E-state index >= 15 is 0 Å². The van der Waals surface area contributed by atoms with Crippen LogP contribution in [0.25, 0.3) is 0 Å². The third kappa shape index (κ3) is 6.62. The Hall–Kier alpha value is -3.28. The topological polar surface area (TPSA) is 77.8 Å². The summed E-state index contributed by atoms with van der Waals surface area (Å²) in [5.41, 5.74) is 1.26. The highest BCUT2D eigenvalue weighted by Crippen LogP contribution is 2.34. The van der Waals surface area contributed by atoms with Crippen LogP contribution in [0, 0.1) is 11.8 Å². The SMILES string of the molecule is C=C(CC#Cc1ccccc1)[C@H](O)/C=C/[C@H]1CC(F)(F)C(=O)N1CCCc1ccc(C(=O)O)s1. The van der Waals surface area contributed by atoms with Crippen LogP contribution in [-0.2, 0) is 11.2 Å². The summed E-state index contributed by atoms with van der Waals surface area (Å²) in [6.45, 7) is 3.92. The molecule has 1 aromatic heterocycles. The van der Waals surface area contributed by atoms with E-state index in [1.54, 1.807) is 6.07 Å². The molecule has 0 radical (unpaired) electrons. The van der Waals surface area contributed by atoms with Crippen molar-refractivity contribution in [1.29, 1.82) is 0 Å². The van der Waals surface area contributed by atoms with E-state index in [0.717, 1.165) is 26.7 Å². The summed E-state index contributed by atoms with van der Waals surface area (Å²) < 4.78 is 28.2. The average molecular weight is 486 g/mol. The first-order valence-corrected chi connectivity index (χ1v) is 11.6. The number of carboxylic acid groups (broad SMARTS) is 1. The number of nitrogens with zero attached hydrogens (tertiary/aromatic N) is 1. The van der Waals surface area contributed by atoms with Gasteiger partial charge in [0.25, 0.3) is 5.91 Å². The molecule has 3 rings (SSSR count). The smallest absolute Gasteiger partial charge is 0.345 e. The molecule has 5 nitrogen and oxygen atoms in total. The number of likely N-dealkylation sites (tertiary alicyclic amines) is 1. The zero-order chi connectivity index (χ0) is 24.7. The van der Waals surface area contributed by atoms with E-state index in [0.29, 0.717) is 18.4 Å². The molecule has 2 aromatic rings. The summed E-state index contributed by atoms with van der Waals surface area (Å²) in [6.07, 6.45) is 2.20. The molecule has 34 heavy (non-hydrogen) atoms. The molecule has 1 aliphatic heterocycles. The zero-order valence-corrected chi connectivity index (χ0v) is 19.2. The maximum Gasteiger partial charge on any atom is 0.345 e. The van der Waals surface area contributed by atoms with E-state index in [2.05, 4.69) is 18.4 Å². The lowest BCUT2D eigenvalue weighted by Gasteiger charge is -2.22. The number of aliphatic hydroxyl groups excluding tert-OH is 1. The number of amides is 1. The van der Waals surface area contributed by atoms with Crippen molar-refractivity contribution in [2.24, 2.45) is 0 Å². The second-order valence-electron chi connectivity index (χ2n) is 7.98. The van der Waals surface area contributed by atoms with Crippen LogP contribution in [0.3, 0.4) is 0 Å². The molecule has 1 fully saturated rings. The van der Waals surface area contributed by atoms with Gasteiger partial charge in [0.2, 0.25) is 0 Å². The van der Waals surface area contributed by atoms with Gasteiger partial charge < -0.3 is 15.1 Å². The summed E-state index contributed by atoms with van der Waals surface area (Å²) in [7, 11) is 0. The van der Waals surface area contributed by atoms with Crippen LogP contribution in [0.1, 0.15) is 39.4 Å². The van der Waals surface area contributed by atoms with Crippen LogP contribution < -0.4 is 0 Å². The third-order valence-electron chi connectivity index (χ3n) is 5.39. The highest BCUT2D eigenvalue weighted by atomic mass is 32.1. The molecule has 1 aromatic carbocycles. The van der Waals surface area contributed by atoms with Crippen LogP contribution in [0.5, 0.6) is 0 Å². The van der Waals surface area contributed by atoms with Gasteiger partial charge in [-0.15, -0.1) is 11.3 Å². The Morgan fingerprint density at radius 3 is 2.71 bits per heavy atom.